The van der Waals surface area contributed by atoms with E-state index in [1.54, 1.807) is 24.3 Å². The number of nitrogens with one attached hydrogen (secondary N) is 1. The fourth-order valence-corrected chi connectivity index (χ4v) is 2.33. The van der Waals surface area contributed by atoms with E-state index in [1.165, 1.54) is 23.9 Å². The number of rotatable bonds is 7. The van der Waals surface area contributed by atoms with Gasteiger partial charge in [-0.15, -0.1) is 0 Å². The molecule has 7 heteroatoms. The lowest BCUT2D eigenvalue weighted by Gasteiger charge is -2.09. The zero-order valence-electron chi connectivity index (χ0n) is 14.8. The van der Waals surface area contributed by atoms with Gasteiger partial charge in [-0.05, 0) is 42.5 Å². The maximum absolute atomic E-state index is 12.4. The molecule has 7 nitrogen and oxygen atoms in total. The second-order valence-corrected chi connectivity index (χ2v) is 5.67. The Hall–Kier alpha value is -3.45. The lowest BCUT2D eigenvalue weighted by atomic mass is 10.2. The molecule has 0 aliphatic heterocycles. The predicted octanol–water partition coefficient (Wildman–Crippen LogP) is 2.93. The van der Waals surface area contributed by atoms with E-state index in [4.69, 9.17) is 9.47 Å². The molecule has 0 bridgehead atoms. The number of carbonyl (C=O) groups excluding carboxylic acids is 1. The van der Waals surface area contributed by atoms with Crippen LogP contribution in [0.1, 0.15) is 10.5 Å². The number of amides is 1. The molecule has 0 saturated carbocycles. The summed E-state index contributed by atoms with van der Waals surface area (Å²) >= 11 is 0. The Balaban J connectivity index is 1.66. The molecule has 3 aromatic rings. The second kappa shape index (κ2) is 8.77. The first-order valence-electron chi connectivity index (χ1n) is 8.37. The maximum atomic E-state index is 12.4. The molecule has 1 aromatic heterocycles. The summed E-state index contributed by atoms with van der Waals surface area (Å²) in [5.41, 5.74) is 0.457. The normalized spacial score (nSPS) is 10.4. The Kier molecular flexibility index (Phi) is 5.96. The van der Waals surface area contributed by atoms with Crippen molar-refractivity contribution in [2.75, 3.05) is 19.0 Å². The molecular weight excluding hydrogens is 346 g/mol. The number of benzene rings is 2. The SMILES string of the molecule is COCCn1nc(C(=O)Nc2ccc(Oc3ccccc3)cc2)ccc1=O. The third-order valence-corrected chi connectivity index (χ3v) is 3.70. The van der Waals surface area contributed by atoms with Crippen molar-refractivity contribution < 1.29 is 14.3 Å². The van der Waals surface area contributed by atoms with Gasteiger partial charge in [0.15, 0.2) is 0 Å². The summed E-state index contributed by atoms with van der Waals surface area (Å²) < 4.78 is 11.9. The lowest BCUT2D eigenvalue weighted by Crippen LogP contribution is -2.27. The molecule has 0 saturated heterocycles. The zero-order valence-corrected chi connectivity index (χ0v) is 14.8. The molecule has 0 aliphatic rings. The topological polar surface area (TPSA) is 82.5 Å². The summed E-state index contributed by atoms with van der Waals surface area (Å²) in [6, 6.07) is 19.1. The van der Waals surface area contributed by atoms with E-state index >= 15 is 0 Å². The van der Waals surface area contributed by atoms with Crippen molar-refractivity contribution in [3.63, 3.8) is 0 Å². The Morgan fingerprint density at radius 2 is 1.70 bits per heavy atom. The number of para-hydroxylation sites is 1. The number of methoxy groups -OCH3 is 1. The molecule has 2 aromatic carbocycles. The van der Waals surface area contributed by atoms with Crippen LogP contribution in [0.15, 0.2) is 71.5 Å². The van der Waals surface area contributed by atoms with E-state index in [-0.39, 0.29) is 17.8 Å². The first kappa shape index (κ1) is 18.3. The van der Waals surface area contributed by atoms with Gasteiger partial charge in [0.05, 0.1) is 13.2 Å². The van der Waals surface area contributed by atoms with Crippen molar-refractivity contribution in [3.8, 4) is 11.5 Å². The molecule has 3 rings (SSSR count). The maximum Gasteiger partial charge on any atom is 0.276 e. The van der Waals surface area contributed by atoms with Gasteiger partial charge < -0.3 is 14.8 Å². The largest absolute Gasteiger partial charge is 0.457 e. The van der Waals surface area contributed by atoms with E-state index in [0.717, 1.165) is 5.75 Å². The quantitative estimate of drug-likeness (QED) is 0.696. The minimum absolute atomic E-state index is 0.148. The van der Waals surface area contributed by atoms with Crippen LogP contribution in [0.4, 0.5) is 5.69 Å². The Bertz CT molecular complexity index is 953. The van der Waals surface area contributed by atoms with Crippen molar-refractivity contribution in [2.24, 2.45) is 0 Å². The molecule has 0 fully saturated rings. The highest BCUT2D eigenvalue weighted by Gasteiger charge is 2.10. The zero-order chi connectivity index (χ0) is 19.1. The van der Waals surface area contributed by atoms with Crippen LogP contribution in [0.3, 0.4) is 0 Å². The molecule has 138 valence electrons. The van der Waals surface area contributed by atoms with Crippen molar-refractivity contribution in [2.45, 2.75) is 6.54 Å². The minimum Gasteiger partial charge on any atom is -0.457 e. The van der Waals surface area contributed by atoms with Gasteiger partial charge >= 0.3 is 0 Å². The van der Waals surface area contributed by atoms with Gasteiger partial charge in [0.1, 0.15) is 17.2 Å². The summed E-state index contributed by atoms with van der Waals surface area (Å²) in [7, 11) is 1.53. The van der Waals surface area contributed by atoms with Crippen molar-refractivity contribution in [1.82, 2.24) is 9.78 Å². The Labute approximate surface area is 156 Å². The minimum atomic E-state index is -0.405. The van der Waals surface area contributed by atoms with Crippen LogP contribution < -0.4 is 15.6 Å². The van der Waals surface area contributed by atoms with Crippen LogP contribution in [0, 0.1) is 0 Å². The number of carbonyl (C=O) groups is 1. The number of nitrogens with zero attached hydrogens (tertiary/aromatic N) is 2. The van der Waals surface area contributed by atoms with Gasteiger partial charge in [0.2, 0.25) is 0 Å². The third-order valence-electron chi connectivity index (χ3n) is 3.70. The first-order valence-corrected chi connectivity index (χ1v) is 8.37. The van der Waals surface area contributed by atoms with Crippen molar-refractivity contribution in [3.05, 3.63) is 82.8 Å². The number of anilines is 1. The molecule has 0 spiro atoms. The average Bonchev–Trinajstić information content (AvgIpc) is 2.69. The van der Waals surface area contributed by atoms with Crippen LogP contribution in [0.2, 0.25) is 0 Å². The Morgan fingerprint density at radius 3 is 2.41 bits per heavy atom. The molecule has 0 atom stereocenters. The summed E-state index contributed by atoms with van der Waals surface area (Å²) in [5, 5.41) is 6.82. The van der Waals surface area contributed by atoms with Gasteiger partial charge in [0, 0.05) is 18.9 Å². The fourth-order valence-electron chi connectivity index (χ4n) is 2.33. The van der Waals surface area contributed by atoms with E-state index in [0.29, 0.717) is 18.0 Å². The average molecular weight is 365 g/mol. The fraction of sp³-hybridized carbons (Fsp3) is 0.150. The second-order valence-electron chi connectivity index (χ2n) is 5.67. The van der Waals surface area contributed by atoms with E-state index in [2.05, 4.69) is 10.4 Å². The number of ether oxygens (including phenoxy) is 2. The van der Waals surface area contributed by atoms with Gasteiger partial charge in [-0.2, -0.15) is 5.10 Å². The van der Waals surface area contributed by atoms with Crippen molar-refractivity contribution in [1.29, 1.82) is 0 Å². The van der Waals surface area contributed by atoms with Crippen LogP contribution in [0.5, 0.6) is 11.5 Å². The first-order chi connectivity index (χ1) is 13.2. The molecule has 1 N–H and O–H groups in total. The Morgan fingerprint density at radius 1 is 1.00 bits per heavy atom. The molecule has 1 amide bonds. The number of hydrogen-bond donors (Lipinski definition) is 1. The highest BCUT2D eigenvalue weighted by atomic mass is 16.5. The van der Waals surface area contributed by atoms with E-state index in [9.17, 15) is 9.59 Å². The highest BCUT2D eigenvalue weighted by Crippen LogP contribution is 2.22. The molecule has 1 heterocycles. The van der Waals surface area contributed by atoms with Gasteiger partial charge in [0.25, 0.3) is 11.5 Å². The summed E-state index contributed by atoms with van der Waals surface area (Å²) in [6.07, 6.45) is 0. The smallest absolute Gasteiger partial charge is 0.276 e. The molecule has 0 aliphatic carbocycles. The standard InChI is InChI=1S/C20H19N3O4/c1-26-14-13-23-19(24)12-11-18(22-23)20(25)21-15-7-9-17(10-8-15)27-16-5-3-2-4-6-16/h2-12H,13-14H2,1H3,(H,21,25). The highest BCUT2D eigenvalue weighted by molar-refractivity contribution is 6.02. The van der Waals surface area contributed by atoms with Crippen LogP contribution in [-0.2, 0) is 11.3 Å². The third kappa shape index (κ3) is 5.02. The van der Waals surface area contributed by atoms with E-state index in [1.807, 2.05) is 30.3 Å². The molecule has 27 heavy (non-hydrogen) atoms. The summed E-state index contributed by atoms with van der Waals surface area (Å²) in [5.74, 6) is 0.986. The lowest BCUT2D eigenvalue weighted by molar-refractivity contribution is 0.101. The molecular formula is C20H19N3O4. The van der Waals surface area contributed by atoms with E-state index < -0.39 is 5.91 Å². The van der Waals surface area contributed by atoms with Gasteiger partial charge in [-0.25, -0.2) is 4.68 Å². The van der Waals surface area contributed by atoms with Gasteiger partial charge in [-0.1, -0.05) is 18.2 Å². The monoisotopic (exact) mass is 365 g/mol. The number of aromatic nitrogens is 2. The predicted molar refractivity (Wildman–Crippen MR) is 101 cm³/mol. The van der Waals surface area contributed by atoms with Crippen LogP contribution in [0.25, 0.3) is 0 Å². The van der Waals surface area contributed by atoms with Crippen LogP contribution >= 0.6 is 0 Å². The van der Waals surface area contributed by atoms with Gasteiger partial charge in [-0.3, -0.25) is 9.59 Å². The molecule has 0 radical (unpaired) electrons. The summed E-state index contributed by atoms with van der Waals surface area (Å²) in [4.78, 5) is 24.1. The van der Waals surface area contributed by atoms with Crippen molar-refractivity contribution >= 4 is 11.6 Å². The molecule has 0 unspecified atom stereocenters. The van der Waals surface area contributed by atoms with Crippen LogP contribution in [-0.4, -0.2) is 29.4 Å². The summed E-state index contributed by atoms with van der Waals surface area (Å²) in [6.45, 7) is 0.614. The number of hydrogen-bond acceptors (Lipinski definition) is 5.